The number of sulfonamides is 1. The fraction of sp³-hybridized carbons (Fsp3) is 0.243. The van der Waals surface area contributed by atoms with Crippen molar-refractivity contribution in [3.05, 3.63) is 100 Å². The molecule has 1 saturated heterocycles. The summed E-state index contributed by atoms with van der Waals surface area (Å²) in [4.78, 5) is 35.7. The summed E-state index contributed by atoms with van der Waals surface area (Å²) >= 11 is 1.14. The van der Waals surface area contributed by atoms with Crippen LogP contribution < -0.4 is 24.8 Å². The number of benzene rings is 3. The Kier molecular flexibility index (Phi) is 9.12. The van der Waals surface area contributed by atoms with E-state index in [1.165, 1.54) is 12.1 Å². The molecule has 256 valence electrons. The van der Waals surface area contributed by atoms with E-state index in [4.69, 9.17) is 9.47 Å². The second-order valence-corrected chi connectivity index (χ2v) is 15.4. The quantitative estimate of drug-likeness (QED) is 0.177. The first kappa shape index (κ1) is 33.4. The van der Waals surface area contributed by atoms with Gasteiger partial charge in [0.05, 0.1) is 17.2 Å². The third-order valence-electron chi connectivity index (χ3n) is 9.05. The Morgan fingerprint density at radius 1 is 0.920 bits per heavy atom. The van der Waals surface area contributed by atoms with Crippen LogP contribution in [-0.4, -0.2) is 56.8 Å². The van der Waals surface area contributed by atoms with Crippen LogP contribution in [0.4, 0.5) is 5.95 Å². The molecule has 0 saturated carbocycles. The maximum absolute atomic E-state index is 14.1. The Labute approximate surface area is 294 Å². The van der Waals surface area contributed by atoms with Crippen LogP contribution in [0, 0.1) is 19.3 Å². The molecule has 7 rings (SSSR count). The zero-order chi connectivity index (χ0) is 34.9. The van der Waals surface area contributed by atoms with Crippen LogP contribution in [0.3, 0.4) is 0 Å². The van der Waals surface area contributed by atoms with Crippen molar-refractivity contribution in [3.63, 3.8) is 0 Å². The molecule has 4 heterocycles. The number of carbonyl (C=O) groups excluding carboxylic acids is 2. The van der Waals surface area contributed by atoms with Gasteiger partial charge < -0.3 is 20.1 Å². The van der Waals surface area contributed by atoms with Crippen molar-refractivity contribution in [2.75, 3.05) is 31.0 Å². The third-order valence-corrected chi connectivity index (χ3v) is 11.4. The molecule has 0 atom stereocenters. The standard InChI is InChI=1S/C37H35N5O6S2/c1-23-7-6-8-24(2)34(23)29-18-33-41-36(40-29)42-50(45,46)28-16-25(31-19-30(32(20-43)49-31)48-27-9-4-3-5-10-27)15-26(17-28)35(44)39-21-37(22-47-33)11-13-38-14-12-37/h3-10,15-20,38H,11-14,21-22H2,1-2H3,(H,39,44)(H,40,41,42). The van der Waals surface area contributed by atoms with Crippen molar-refractivity contribution in [2.45, 2.75) is 31.6 Å². The number of hydrogen-bond donors (Lipinski definition) is 3. The number of fused-ring (bicyclic) bond motifs is 4. The average molecular weight is 710 g/mol. The molecule has 1 fully saturated rings. The first-order chi connectivity index (χ1) is 24.1. The number of piperidine rings is 1. The minimum Gasteiger partial charge on any atom is -0.477 e. The molecule has 50 heavy (non-hydrogen) atoms. The van der Waals surface area contributed by atoms with E-state index in [1.54, 1.807) is 30.3 Å². The van der Waals surface area contributed by atoms with Gasteiger partial charge in [0.1, 0.15) is 16.4 Å². The van der Waals surface area contributed by atoms with Gasteiger partial charge in [-0.15, -0.1) is 11.3 Å². The number of anilines is 1. The molecule has 2 aliphatic rings. The number of aldehydes is 1. The minimum atomic E-state index is -4.34. The number of amides is 1. The maximum atomic E-state index is 14.1. The molecule has 2 aliphatic heterocycles. The molecule has 2 aromatic heterocycles. The van der Waals surface area contributed by atoms with Gasteiger partial charge >= 0.3 is 0 Å². The summed E-state index contributed by atoms with van der Waals surface area (Å²) in [6.45, 7) is 6.01. The number of aryl methyl sites for hydroxylation is 2. The number of nitrogens with one attached hydrogen (secondary N) is 3. The van der Waals surface area contributed by atoms with E-state index < -0.39 is 21.3 Å². The second kappa shape index (κ2) is 13.7. The first-order valence-corrected chi connectivity index (χ1v) is 18.5. The predicted molar refractivity (Wildman–Crippen MR) is 192 cm³/mol. The summed E-state index contributed by atoms with van der Waals surface area (Å²) in [7, 11) is -4.34. The third kappa shape index (κ3) is 6.97. The lowest BCUT2D eigenvalue weighted by Crippen LogP contribution is -2.48. The fourth-order valence-corrected chi connectivity index (χ4v) is 8.23. The normalized spacial score (nSPS) is 16.7. The van der Waals surface area contributed by atoms with Gasteiger partial charge in [-0.25, -0.2) is 18.1 Å². The van der Waals surface area contributed by atoms with Crippen molar-refractivity contribution in [1.29, 1.82) is 0 Å². The van der Waals surface area contributed by atoms with Gasteiger partial charge in [-0.2, -0.15) is 4.98 Å². The highest BCUT2D eigenvalue weighted by molar-refractivity contribution is 7.92. The smallest absolute Gasteiger partial charge is 0.264 e. The number of carbonyl (C=O) groups is 2. The molecule has 4 bridgehead atoms. The van der Waals surface area contributed by atoms with Crippen LogP contribution in [0.5, 0.6) is 17.4 Å². The van der Waals surface area contributed by atoms with E-state index >= 15 is 0 Å². The van der Waals surface area contributed by atoms with Gasteiger partial charge in [-0.1, -0.05) is 36.4 Å². The van der Waals surface area contributed by atoms with Gasteiger partial charge in [0.25, 0.3) is 15.9 Å². The van der Waals surface area contributed by atoms with Crippen molar-refractivity contribution in [3.8, 4) is 39.1 Å². The fourth-order valence-electron chi connectivity index (χ4n) is 6.33. The number of ether oxygens (including phenoxy) is 2. The van der Waals surface area contributed by atoms with Crippen LogP contribution in [-0.2, 0) is 10.0 Å². The predicted octanol–water partition coefficient (Wildman–Crippen LogP) is 6.39. The first-order valence-electron chi connectivity index (χ1n) is 16.2. The van der Waals surface area contributed by atoms with Crippen LogP contribution in [0.15, 0.2) is 83.8 Å². The topological polar surface area (TPSA) is 149 Å². The van der Waals surface area contributed by atoms with E-state index in [1.807, 2.05) is 50.2 Å². The highest BCUT2D eigenvalue weighted by Gasteiger charge is 2.34. The molecule has 5 aromatic rings. The number of para-hydroxylation sites is 1. The van der Waals surface area contributed by atoms with Crippen molar-refractivity contribution in [1.82, 2.24) is 20.6 Å². The Bertz CT molecular complexity index is 2180. The van der Waals surface area contributed by atoms with Crippen molar-refractivity contribution in [2.24, 2.45) is 5.41 Å². The van der Waals surface area contributed by atoms with E-state index in [-0.39, 0.29) is 28.9 Å². The molecule has 1 spiro atoms. The highest BCUT2D eigenvalue weighted by atomic mass is 32.2. The second-order valence-electron chi connectivity index (χ2n) is 12.6. The lowest BCUT2D eigenvalue weighted by atomic mass is 9.79. The Balaban J connectivity index is 1.35. The minimum absolute atomic E-state index is 0.141. The zero-order valence-electron chi connectivity index (χ0n) is 27.5. The summed E-state index contributed by atoms with van der Waals surface area (Å²) < 4.78 is 43.0. The largest absolute Gasteiger partial charge is 0.477 e. The van der Waals surface area contributed by atoms with Crippen LogP contribution in [0.25, 0.3) is 21.7 Å². The van der Waals surface area contributed by atoms with Crippen LogP contribution in [0.1, 0.15) is 44.0 Å². The van der Waals surface area contributed by atoms with E-state index in [9.17, 15) is 18.0 Å². The van der Waals surface area contributed by atoms with Crippen molar-refractivity contribution >= 4 is 39.5 Å². The highest BCUT2D eigenvalue weighted by Crippen LogP contribution is 2.39. The summed E-state index contributed by atoms with van der Waals surface area (Å²) in [5.74, 6) is 0.490. The van der Waals surface area contributed by atoms with Crippen LogP contribution >= 0.6 is 11.3 Å². The summed E-state index contributed by atoms with van der Waals surface area (Å²) in [6, 6.07) is 22.7. The monoisotopic (exact) mass is 709 g/mol. The number of thiophene rings is 1. The van der Waals surface area contributed by atoms with Gasteiger partial charge in [0, 0.05) is 40.1 Å². The Morgan fingerprint density at radius 2 is 1.66 bits per heavy atom. The van der Waals surface area contributed by atoms with E-state index in [2.05, 4.69) is 25.3 Å². The lowest BCUT2D eigenvalue weighted by Gasteiger charge is -2.37. The molecule has 0 aliphatic carbocycles. The molecule has 3 N–H and O–H groups in total. The molecular weight excluding hydrogens is 675 g/mol. The van der Waals surface area contributed by atoms with Gasteiger partial charge in [-0.05, 0) is 86.8 Å². The molecule has 13 heteroatoms. The van der Waals surface area contributed by atoms with E-state index in [0.717, 1.165) is 54.0 Å². The van der Waals surface area contributed by atoms with Crippen LogP contribution in [0.2, 0.25) is 0 Å². The summed E-state index contributed by atoms with van der Waals surface area (Å²) in [6.07, 6.45) is 2.20. The molecule has 11 nitrogen and oxygen atoms in total. The number of aromatic nitrogens is 2. The average Bonchev–Trinajstić information content (AvgIpc) is 3.52. The molecule has 3 aromatic carbocycles. The van der Waals surface area contributed by atoms with E-state index in [0.29, 0.717) is 45.3 Å². The zero-order valence-corrected chi connectivity index (χ0v) is 29.1. The van der Waals surface area contributed by atoms with Gasteiger partial charge in [0.15, 0.2) is 6.29 Å². The maximum Gasteiger partial charge on any atom is 0.264 e. The lowest BCUT2D eigenvalue weighted by molar-refractivity contribution is 0.0807. The number of rotatable bonds is 5. The molecular formula is C37H35N5O6S2. The summed E-state index contributed by atoms with van der Waals surface area (Å²) in [5.41, 5.74) is 3.47. The van der Waals surface area contributed by atoms with Gasteiger partial charge in [-0.3, -0.25) is 9.59 Å². The van der Waals surface area contributed by atoms with Gasteiger partial charge in [0.2, 0.25) is 11.8 Å². The molecule has 0 radical (unpaired) electrons. The Morgan fingerprint density at radius 3 is 2.40 bits per heavy atom. The van der Waals surface area contributed by atoms with Crippen molar-refractivity contribution < 1.29 is 27.5 Å². The Hall–Kier alpha value is -5.11. The molecule has 0 unspecified atom stereocenters. The summed E-state index contributed by atoms with van der Waals surface area (Å²) in [5, 5.41) is 6.44. The number of hydrogen-bond acceptors (Lipinski definition) is 10. The molecule has 1 amide bonds. The number of nitrogens with zero attached hydrogens (tertiary/aromatic N) is 2. The SMILES string of the molecule is Cc1cccc(C)c1-c1cc2nc(n1)NS(=O)(=O)c1cc(cc(-c3cc(Oc4ccccc4)c(C=O)s3)c1)C(=O)NCC1(CCNCC1)CO2.